The monoisotopic (exact) mass is 262 g/mol. The fraction of sp³-hybridized carbons (Fsp3) is 0.0588. The normalized spacial score (nSPS) is 11.2. The van der Waals surface area contributed by atoms with Gasteiger partial charge in [0.15, 0.2) is 5.82 Å². The van der Waals surface area contributed by atoms with Gasteiger partial charge in [0.25, 0.3) is 0 Å². The number of pyridine rings is 1. The first-order valence-electron chi connectivity index (χ1n) is 6.41. The first-order chi connectivity index (χ1) is 9.74. The number of hydrogen-bond donors (Lipinski definition) is 1. The van der Waals surface area contributed by atoms with Crippen molar-refractivity contribution in [3.63, 3.8) is 0 Å². The molecule has 1 N–H and O–H groups in total. The molecular weight excluding hydrogens is 248 g/mol. The summed E-state index contributed by atoms with van der Waals surface area (Å²) in [6.45, 7) is 1.98. The van der Waals surface area contributed by atoms with E-state index in [4.69, 9.17) is 0 Å². The number of aryl methyl sites for hydroxylation is 1. The molecule has 3 aromatic rings. The number of phenols is 1. The predicted molar refractivity (Wildman–Crippen MR) is 81.8 cm³/mol. The van der Waals surface area contributed by atoms with E-state index < -0.39 is 0 Å². The van der Waals surface area contributed by atoms with E-state index in [1.165, 1.54) is 0 Å². The van der Waals surface area contributed by atoms with Crippen molar-refractivity contribution in [2.45, 2.75) is 6.92 Å². The van der Waals surface area contributed by atoms with Crippen molar-refractivity contribution in [3.05, 3.63) is 65.9 Å². The molecule has 0 spiro atoms. The second kappa shape index (κ2) is 5.13. The highest BCUT2D eigenvalue weighted by Gasteiger charge is 2.04. The average Bonchev–Trinajstić information content (AvgIpc) is 2.48. The summed E-state index contributed by atoms with van der Waals surface area (Å²) in [6, 6.07) is 15.3. The summed E-state index contributed by atoms with van der Waals surface area (Å²) in [4.78, 5) is 8.56. The quantitative estimate of drug-likeness (QED) is 0.709. The third-order valence-corrected chi connectivity index (χ3v) is 3.17. The summed E-state index contributed by atoms with van der Waals surface area (Å²) in [7, 11) is 0. The van der Waals surface area contributed by atoms with Crippen LogP contribution in [0, 0.1) is 6.92 Å². The van der Waals surface area contributed by atoms with Crippen molar-refractivity contribution in [1.29, 1.82) is 0 Å². The number of fused-ring (bicyclic) bond motifs is 1. The van der Waals surface area contributed by atoms with Gasteiger partial charge in [0.2, 0.25) is 0 Å². The Kier molecular flexibility index (Phi) is 3.17. The average molecular weight is 262 g/mol. The first kappa shape index (κ1) is 12.4. The number of aliphatic imine (C=N–C) groups is 1. The Balaban J connectivity index is 2.06. The Morgan fingerprint density at radius 3 is 2.70 bits per heavy atom. The summed E-state index contributed by atoms with van der Waals surface area (Å²) in [5.41, 5.74) is 1.81. The van der Waals surface area contributed by atoms with E-state index in [0.29, 0.717) is 11.4 Å². The number of nitrogens with zero attached hydrogens (tertiary/aromatic N) is 2. The van der Waals surface area contributed by atoms with Crippen LogP contribution in [0.15, 0.2) is 59.7 Å². The Hall–Kier alpha value is -2.68. The topological polar surface area (TPSA) is 45.5 Å². The Labute approximate surface area is 117 Å². The molecule has 0 atom stereocenters. The number of rotatable bonds is 2. The van der Waals surface area contributed by atoms with Gasteiger partial charge in [-0.15, -0.1) is 0 Å². The molecule has 0 amide bonds. The van der Waals surface area contributed by atoms with Gasteiger partial charge in [-0.2, -0.15) is 0 Å². The number of aromatic hydroxyl groups is 1. The van der Waals surface area contributed by atoms with Crippen LogP contribution >= 0.6 is 0 Å². The molecule has 0 saturated carbocycles. The summed E-state index contributed by atoms with van der Waals surface area (Å²) in [5.74, 6) is 0.850. The van der Waals surface area contributed by atoms with Crippen molar-refractivity contribution < 1.29 is 5.11 Å². The number of benzene rings is 2. The lowest BCUT2D eigenvalue weighted by molar-refractivity contribution is 0.475. The third kappa shape index (κ3) is 2.38. The minimum atomic E-state index is 0.222. The van der Waals surface area contributed by atoms with Crippen LogP contribution in [0.3, 0.4) is 0 Å². The molecule has 0 saturated heterocycles. The smallest absolute Gasteiger partial charge is 0.151 e. The lowest BCUT2D eigenvalue weighted by atomic mass is 10.0. The van der Waals surface area contributed by atoms with Crippen LogP contribution in [0.2, 0.25) is 0 Å². The van der Waals surface area contributed by atoms with Gasteiger partial charge in [-0.25, -0.2) is 9.98 Å². The molecule has 0 aliphatic rings. The van der Waals surface area contributed by atoms with Gasteiger partial charge in [-0.05, 0) is 35.4 Å². The standard InChI is InChI=1S/C17H14N2O/c1-12-6-9-17(18-10-12)19-11-15-14-5-3-2-4-13(14)7-8-16(15)20/h2-11,20H,1H3. The van der Waals surface area contributed by atoms with Crippen molar-refractivity contribution in [3.8, 4) is 5.75 Å². The fourth-order valence-corrected chi connectivity index (χ4v) is 2.09. The van der Waals surface area contributed by atoms with Crippen molar-refractivity contribution in [2.24, 2.45) is 4.99 Å². The highest BCUT2D eigenvalue weighted by molar-refractivity contribution is 6.02. The van der Waals surface area contributed by atoms with Crippen LogP contribution in [0.25, 0.3) is 10.8 Å². The van der Waals surface area contributed by atoms with E-state index in [-0.39, 0.29) is 5.75 Å². The molecule has 0 unspecified atom stereocenters. The van der Waals surface area contributed by atoms with Crippen LogP contribution in [-0.2, 0) is 0 Å². The number of phenolic OH excluding ortho intramolecular Hbond substituents is 1. The van der Waals surface area contributed by atoms with E-state index in [1.54, 1.807) is 18.5 Å². The highest BCUT2D eigenvalue weighted by atomic mass is 16.3. The molecule has 3 heteroatoms. The van der Waals surface area contributed by atoms with Gasteiger partial charge in [0.05, 0.1) is 0 Å². The van der Waals surface area contributed by atoms with Crippen molar-refractivity contribution in [2.75, 3.05) is 0 Å². The summed E-state index contributed by atoms with van der Waals surface area (Å²) in [6.07, 6.45) is 3.44. The lowest BCUT2D eigenvalue weighted by Crippen LogP contribution is -1.86. The maximum absolute atomic E-state index is 10.0. The minimum absolute atomic E-state index is 0.222. The van der Waals surface area contributed by atoms with E-state index in [2.05, 4.69) is 9.98 Å². The maximum atomic E-state index is 10.0. The molecule has 1 heterocycles. The van der Waals surface area contributed by atoms with Crippen LogP contribution in [0.1, 0.15) is 11.1 Å². The lowest BCUT2D eigenvalue weighted by Gasteiger charge is -2.04. The second-order valence-electron chi connectivity index (χ2n) is 4.67. The van der Waals surface area contributed by atoms with Gasteiger partial charge in [0.1, 0.15) is 5.75 Å². The zero-order chi connectivity index (χ0) is 13.9. The summed E-state index contributed by atoms with van der Waals surface area (Å²) < 4.78 is 0. The van der Waals surface area contributed by atoms with Gasteiger partial charge in [0, 0.05) is 18.0 Å². The van der Waals surface area contributed by atoms with Gasteiger partial charge < -0.3 is 5.11 Å². The maximum Gasteiger partial charge on any atom is 0.151 e. The molecule has 2 aromatic carbocycles. The number of hydrogen-bond acceptors (Lipinski definition) is 3. The third-order valence-electron chi connectivity index (χ3n) is 3.17. The first-order valence-corrected chi connectivity index (χ1v) is 6.41. The minimum Gasteiger partial charge on any atom is -0.507 e. The van der Waals surface area contributed by atoms with E-state index >= 15 is 0 Å². The van der Waals surface area contributed by atoms with Gasteiger partial charge in [-0.1, -0.05) is 36.4 Å². The zero-order valence-electron chi connectivity index (χ0n) is 11.1. The highest BCUT2D eigenvalue weighted by Crippen LogP contribution is 2.26. The van der Waals surface area contributed by atoms with Crippen LogP contribution < -0.4 is 0 Å². The number of aromatic nitrogens is 1. The largest absolute Gasteiger partial charge is 0.507 e. The van der Waals surface area contributed by atoms with Gasteiger partial charge >= 0.3 is 0 Å². The molecular formula is C17H14N2O. The molecule has 3 nitrogen and oxygen atoms in total. The van der Waals surface area contributed by atoms with Crippen LogP contribution in [-0.4, -0.2) is 16.3 Å². The molecule has 0 fully saturated rings. The SMILES string of the molecule is Cc1ccc(N=Cc2c(O)ccc3ccccc23)nc1. The van der Waals surface area contributed by atoms with Crippen molar-refractivity contribution >= 4 is 22.8 Å². The molecule has 3 rings (SSSR count). The van der Waals surface area contributed by atoms with E-state index in [0.717, 1.165) is 16.3 Å². The molecule has 0 aliphatic carbocycles. The van der Waals surface area contributed by atoms with Gasteiger partial charge in [-0.3, -0.25) is 0 Å². The van der Waals surface area contributed by atoms with Crippen LogP contribution in [0.4, 0.5) is 5.82 Å². The molecule has 98 valence electrons. The molecule has 0 aliphatic heterocycles. The molecule has 1 aromatic heterocycles. The predicted octanol–water partition coefficient (Wildman–Crippen LogP) is 4.00. The van der Waals surface area contributed by atoms with Crippen LogP contribution in [0.5, 0.6) is 5.75 Å². The fourth-order valence-electron chi connectivity index (χ4n) is 2.09. The summed E-state index contributed by atoms with van der Waals surface area (Å²) in [5, 5.41) is 12.1. The Morgan fingerprint density at radius 2 is 1.90 bits per heavy atom. The molecule has 0 radical (unpaired) electrons. The van der Waals surface area contributed by atoms with Crippen molar-refractivity contribution in [1.82, 2.24) is 4.98 Å². The second-order valence-corrected chi connectivity index (χ2v) is 4.67. The van der Waals surface area contributed by atoms with E-state index in [9.17, 15) is 5.11 Å². The van der Waals surface area contributed by atoms with E-state index in [1.807, 2.05) is 49.4 Å². The molecule has 0 bridgehead atoms. The summed E-state index contributed by atoms with van der Waals surface area (Å²) >= 11 is 0. The Morgan fingerprint density at radius 1 is 1.05 bits per heavy atom. The zero-order valence-corrected chi connectivity index (χ0v) is 11.1. The molecule has 20 heavy (non-hydrogen) atoms. The Bertz CT molecular complexity index is 777.